The van der Waals surface area contributed by atoms with Gasteiger partial charge < -0.3 is 5.73 Å². The van der Waals surface area contributed by atoms with Crippen molar-refractivity contribution in [3.05, 3.63) is 34.1 Å². The van der Waals surface area contributed by atoms with E-state index in [-0.39, 0.29) is 10.6 Å². The monoisotopic (exact) mass is 187 g/mol. The van der Waals surface area contributed by atoms with E-state index in [0.29, 0.717) is 5.56 Å². The zero-order valence-electron chi connectivity index (χ0n) is 6.40. The van der Waals surface area contributed by atoms with Gasteiger partial charge in [0.15, 0.2) is 0 Å². The maximum absolute atomic E-state index is 12.9. The lowest BCUT2D eigenvalue weighted by Crippen LogP contribution is -2.11. The molecule has 0 saturated carbocycles. The summed E-state index contributed by atoms with van der Waals surface area (Å²) in [5.74, 6) is -1.12. The number of hydrogen-bond donors (Lipinski definition) is 1. The number of rotatable bonds is 1. The molecule has 2 nitrogen and oxygen atoms in total. The third kappa shape index (κ3) is 1.56. The maximum atomic E-state index is 12.9. The van der Waals surface area contributed by atoms with Crippen molar-refractivity contribution in [3.8, 4) is 0 Å². The first-order chi connectivity index (χ1) is 5.52. The molecule has 1 aromatic carbocycles. The van der Waals surface area contributed by atoms with Crippen LogP contribution < -0.4 is 5.73 Å². The van der Waals surface area contributed by atoms with Crippen molar-refractivity contribution in [1.29, 1.82) is 0 Å². The Labute approximate surface area is 74.1 Å². The first kappa shape index (κ1) is 9.00. The number of benzene rings is 1. The molecule has 0 spiro atoms. The van der Waals surface area contributed by atoms with Crippen LogP contribution in [0.15, 0.2) is 12.1 Å². The molecule has 1 amide bonds. The van der Waals surface area contributed by atoms with E-state index in [1.807, 2.05) is 0 Å². The Morgan fingerprint density at radius 1 is 1.58 bits per heavy atom. The van der Waals surface area contributed by atoms with Gasteiger partial charge in [-0.1, -0.05) is 11.6 Å². The summed E-state index contributed by atoms with van der Waals surface area (Å²) < 4.78 is 12.9. The molecule has 0 fully saturated rings. The van der Waals surface area contributed by atoms with Crippen LogP contribution in [0.1, 0.15) is 15.9 Å². The molecule has 12 heavy (non-hydrogen) atoms. The number of amides is 1. The topological polar surface area (TPSA) is 43.1 Å². The Kier molecular flexibility index (Phi) is 2.33. The SMILES string of the molecule is Cc1cc(C(N)=O)cc(Cl)c1F. The summed E-state index contributed by atoms with van der Waals surface area (Å²) in [5.41, 5.74) is 5.52. The number of aryl methyl sites for hydroxylation is 1. The van der Waals surface area contributed by atoms with Gasteiger partial charge in [0.25, 0.3) is 0 Å². The molecule has 0 saturated heterocycles. The van der Waals surface area contributed by atoms with Gasteiger partial charge in [-0.25, -0.2) is 4.39 Å². The third-order valence-corrected chi connectivity index (χ3v) is 1.77. The Morgan fingerprint density at radius 3 is 2.58 bits per heavy atom. The predicted octanol–water partition coefficient (Wildman–Crippen LogP) is 1.89. The molecule has 1 rings (SSSR count). The van der Waals surface area contributed by atoms with Crippen molar-refractivity contribution in [2.24, 2.45) is 5.73 Å². The minimum absolute atomic E-state index is 0.0798. The van der Waals surface area contributed by atoms with Crippen molar-refractivity contribution >= 4 is 17.5 Å². The average molecular weight is 188 g/mol. The molecule has 0 radical (unpaired) electrons. The number of nitrogens with two attached hydrogens (primary N) is 1. The highest BCUT2D eigenvalue weighted by Crippen LogP contribution is 2.19. The van der Waals surface area contributed by atoms with Gasteiger partial charge in [0, 0.05) is 5.56 Å². The summed E-state index contributed by atoms with van der Waals surface area (Å²) in [5, 5.41) is -0.0798. The largest absolute Gasteiger partial charge is 0.366 e. The lowest BCUT2D eigenvalue weighted by atomic mass is 10.1. The molecule has 0 atom stereocenters. The molecule has 0 aliphatic heterocycles. The Hall–Kier alpha value is -1.09. The first-order valence-corrected chi connectivity index (χ1v) is 3.65. The van der Waals surface area contributed by atoms with Gasteiger partial charge in [-0.05, 0) is 24.6 Å². The fourth-order valence-electron chi connectivity index (χ4n) is 0.869. The van der Waals surface area contributed by atoms with Crippen molar-refractivity contribution in [2.45, 2.75) is 6.92 Å². The van der Waals surface area contributed by atoms with Gasteiger partial charge >= 0.3 is 0 Å². The van der Waals surface area contributed by atoms with Crippen LogP contribution in [0.3, 0.4) is 0 Å². The van der Waals surface area contributed by atoms with E-state index < -0.39 is 11.7 Å². The molecule has 0 aliphatic rings. The summed E-state index contributed by atoms with van der Waals surface area (Å²) in [6, 6.07) is 2.58. The fourth-order valence-corrected chi connectivity index (χ4v) is 1.14. The van der Waals surface area contributed by atoms with E-state index in [4.69, 9.17) is 17.3 Å². The van der Waals surface area contributed by atoms with Crippen molar-refractivity contribution in [2.75, 3.05) is 0 Å². The van der Waals surface area contributed by atoms with E-state index in [9.17, 15) is 9.18 Å². The van der Waals surface area contributed by atoms with Crippen LogP contribution in [-0.2, 0) is 0 Å². The molecule has 64 valence electrons. The molecule has 1 aromatic rings. The van der Waals surface area contributed by atoms with Crippen LogP contribution in [0.25, 0.3) is 0 Å². The molecule has 0 bridgehead atoms. The first-order valence-electron chi connectivity index (χ1n) is 3.28. The van der Waals surface area contributed by atoms with Gasteiger partial charge in [-0.15, -0.1) is 0 Å². The lowest BCUT2D eigenvalue weighted by Gasteiger charge is -2.01. The predicted molar refractivity (Wildman–Crippen MR) is 44.7 cm³/mol. The molecule has 0 heterocycles. The average Bonchev–Trinajstić information content (AvgIpc) is 1.99. The highest BCUT2D eigenvalue weighted by molar-refractivity contribution is 6.31. The van der Waals surface area contributed by atoms with E-state index >= 15 is 0 Å². The van der Waals surface area contributed by atoms with Crippen molar-refractivity contribution < 1.29 is 9.18 Å². The van der Waals surface area contributed by atoms with Crippen LogP contribution in [-0.4, -0.2) is 5.91 Å². The highest BCUT2D eigenvalue weighted by atomic mass is 35.5. The van der Waals surface area contributed by atoms with E-state index in [1.54, 1.807) is 0 Å². The maximum Gasteiger partial charge on any atom is 0.248 e. The summed E-state index contributed by atoms with van der Waals surface area (Å²) >= 11 is 5.48. The van der Waals surface area contributed by atoms with Gasteiger partial charge in [0.2, 0.25) is 5.91 Å². The quantitative estimate of drug-likeness (QED) is 0.717. The summed E-state index contributed by atoms with van der Waals surface area (Å²) in [7, 11) is 0. The molecule has 0 unspecified atom stereocenters. The number of primary amides is 1. The van der Waals surface area contributed by atoms with Crippen LogP contribution in [0.4, 0.5) is 4.39 Å². The molecule has 0 aromatic heterocycles. The van der Waals surface area contributed by atoms with Crippen LogP contribution in [0.2, 0.25) is 5.02 Å². The zero-order valence-corrected chi connectivity index (χ0v) is 7.15. The second-order valence-corrected chi connectivity index (χ2v) is 2.86. The van der Waals surface area contributed by atoms with Crippen LogP contribution >= 0.6 is 11.6 Å². The number of carbonyl (C=O) groups excluding carboxylic acids is 1. The highest BCUT2D eigenvalue weighted by Gasteiger charge is 2.08. The van der Waals surface area contributed by atoms with Gasteiger partial charge in [-0.2, -0.15) is 0 Å². The normalized spacial score (nSPS) is 9.92. The minimum Gasteiger partial charge on any atom is -0.366 e. The summed E-state index contributed by atoms with van der Waals surface area (Å²) in [4.78, 5) is 10.7. The smallest absolute Gasteiger partial charge is 0.248 e. The van der Waals surface area contributed by atoms with Crippen molar-refractivity contribution in [1.82, 2.24) is 0 Å². The second-order valence-electron chi connectivity index (χ2n) is 2.45. The summed E-state index contributed by atoms with van der Waals surface area (Å²) in [6.07, 6.45) is 0. The minimum atomic E-state index is -0.611. The van der Waals surface area contributed by atoms with E-state index in [0.717, 1.165) is 0 Å². The van der Waals surface area contributed by atoms with E-state index in [1.165, 1.54) is 19.1 Å². The lowest BCUT2D eigenvalue weighted by molar-refractivity contribution is 0.1000. The van der Waals surface area contributed by atoms with Gasteiger partial charge in [-0.3, -0.25) is 4.79 Å². The van der Waals surface area contributed by atoms with Crippen molar-refractivity contribution in [3.63, 3.8) is 0 Å². The molecular formula is C8H7ClFNO. The second kappa shape index (κ2) is 3.11. The van der Waals surface area contributed by atoms with Crippen LogP contribution in [0.5, 0.6) is 0 Å². The number of hydrogen-bond acceptors (Lipinski definition) is 1. The standard InChI is InChI=1S/C8H7ClFNO/c1-4-2-5(8(11)12)3-6(9)7(4)10/h2-3H,1H3,(H2,11,12). The number of carbonyl (C=O) groups is 1. The number of halogens is 2. The third-order valence-electron chi connectivity index (χ3n) is 1.49. The Morgan fingerprint density at radius 2 is 2.17 bits per heavy atom. The molecule has 2 N–H and O–H groups in total. The summed E-state index contributed by atoms with van der Waals surface area (Å²) in [6.45, 7) is 1.52. The van der Waals surface area contributed by atoms with Gasteiger partial charge in [0.05, 0.1) is 5.02 Å². The Balaban J connectivity index is 3.31. The molecule has 0 aliphatic carbocycles. The van der Waals surface area contributed by atoms with Gasteiger partial charge in [0.1, 0.15) is 5.82 Å². The van der Waals surface area contributed by atoms with Crippen LogP contribution in [0, 0.1) is 12.7 Å². The molecule has 4 heteroatoms. The molecular weight excluding hydrogens is 181 g/mol. The zero-order chi connectivity index (χ0) is 9.30. The Bertz CT molecular complexity index is 315. The van der Waals surface area contributed by atoms with E-state index in [2.05, 4.69) is 0 Å². The fraction of sp³-hybridized carbons (Fsp3) is 0.125.